The number of non-ortho nitro benzene ring substituents is 1. The molecule has 0 aliphatic carbocycles. The Bertz CT molecular complexity index is 1330. The van der Waals surface area contributed by atoms with Gasteiger partial charge in [-0.2, -0.15) is 0 Å². The van der Waals surface area contributed by atoms with Crippen molar-refractivity contribution in [3.8, 4) is 23.3 Å². The number of rotatable bonds is 10. The number of aliphatic hydroxyl groups excluding tert-OH is 1. The number of hydrogen-bond donors (Lipinski definition) is 1. The lowest BCUT2D eigenvalue weighted by Crippen LogP contribution is -2.18. The Morgan fingerprint density at radius 3 is 1.87 bits per heavy atom. The Hall–Kier alpha value is -4.48. The second kappa shape index (κ2) is 13.9. The zero-order valence-corrected chi connectivity index (χ0v) is 22.1. The highest BCUT2D eigenvalue weighted by molar-refractivity contribution is 5.91. The van der Waals surface area contributed by atoms with Crippen molar-refractivity contribution in [1.29, 1.82) is 0 Å². The maximum atomic E-state index is 12.5. The summed E-state index contributed by atoms with van der Waals surface area (Å²) in [5.41, 5.74) is 1.63. The zero-order chi connectivity index (χ0) is 28.4. The van der Waals surface area contributed by atoms with Crippen LogP contribution in [0.3, 0.4) is 0 Å². The van der Waals surface area contributed by atoms with Gasteiger partial charge in [0.25, 0.3) is 5.69 Å². The van der Waals surface area contributed by atoms with Crippen LogP contribution in [0.2, 0.25) is 0 Å². The molecule has 0 spiro atoms. The zero-order valence-electron chi connectivity index (χ0n) is 22.1. The molecule has 0 saturated heterocycles. The molecule has 3 aromatic carbocycles. The number of esters is 2. The molecule has 3 rings (SSSR count). The van der Waals surface area contributed by atoms with E-state index in [4.69, 9.17) is 9.47 Å². The quantitative estimate of drug-likeness (QED) is 0.114. The molecule has 0 heterocycles. The van der Waals surface area contributed by atoms with Crippen LogP contribution in [0.1, 0.15) is 61.5 Å². The number of nitro groups is 1. The molecule has 8 heteroatoms. The van der Waals surface area contributed by atoms with Gasteiger partial charge in [-0.05, 0) is 85.3 Å². The van der Waals surface area contributed by atoms with E-state index in [9.17, 15) is 24.8 Å². The van der Waals surface area contributed by atoms with E-state index in [1.165, 1.54) is 24.3 Å². The summed E-state index contributed by atoms with van der Waals surface area (Å²) in [6.07, 6.45) is 1.23. The fraction of sp³-hybridized carbons (Fsp3) is 0.290. The Balaban J connectivity index is 1.49. The topological polar surface area (TPSA) is 116 Å². The summed E-state index contributed by atoms with van der Waals surface area (Å²) in [7, 11) is 0. The molecule has 0 aliphatic heterocycles. The predicted molar refractivity (Wildman–Crippen MR) is 146 cm³/mol. The normalized spacial score (nSPS) is 12.1. The summed E-state index contributed by atoms with van der Waals surface area (Å²) in [6, 6.07) is 18.7. The van der Waals surface area contributed by atoms with Crippen LogP contribution in [-0.2, 0) is 4.79 Å². The van der Waals surface area contributed by atoms with E-state index in [1.54, 1.807) is 48.5 Å². The van der Waals surface area contributed by atoms with Gasteiger partial charge in [-0.1, -0.05) is 32.6 Å². The van der Waals surface area contributed by atoms with Gasteiger partial charge in [-0.3, -0.25) is 14.9 Å². The second-order valence-electron chi connectivity index (χ2n) is 9.66. The van der Waals surface area contributed by atoms with Crippen molar-refractivity contribution in [3.05, 3.63) is 99.6 Å². The van der Waals surface area contributed by atoms with Crippen molar-refractivity contribution >= 4 is 17.6 Å². The molecular weight excluding hydrogens is 498 g/mol. The van der Waals surface area contributed by atoms with Crippen LogP contribution in [0.5, 0.6) is 11.5 Å². The van der Waals surface area contributed by atoms with E-state index in [-0.39, 0.29) is 36.0 Å². The van der Waals surface area contributed by atoms with Gasteiger partial charge in [-0.15, -0.1) is 0 Å². The van der Waals surface area contributed by atoms with Gasteiger partial charge >= 0.3 is 11.9 Å². The molecular formula is C31H31NO7. The van der Waals surface area contributed by atoms with Gasteiger partial charge in [-0.25, -0.2) is 4.79 Å². The van der Waals surface area contributed by atoms with E-state index < -0.39 is 10.9 Å². The maximum Gasteiger partial charge on any atom is 0.343 e. The number of hydrogen-bond acceptors (Lipinski definition) is 7. The molecule has 39 heavy (non-hydrogen) atoms. The molecule has 8 nitrogen and oxygen atoms in total. The lowest BCUT2D eigenvalue weighted by Gasteiger charge is -2.17. The molecule has 0 unspecified atom stereocenters. The van der Waals surface area contributed by atoms with Crippen LogP contribution < -0.4 is 9.47 Å². The van der Waals surface area contributed by atoms with Crippen molar-refractivity contribution in [3.63, 3.8) is 0 Å². The third-order valence-corrected chi connectivity index (χ3v) is 6.06. The van der Waals surface area contributed by atoms with Crippen LogP contribution in [0.15, 0.2) is 72.8 Å². The van der Waals surface area contributed by atoms with E-state index in [0.717, 1.165) is 6.42 Å². The first-order valence-corrected chi connectivity index (χ1v) is 12.7. The summed E-state index contributed by atoms with van der Waals surface area (Å²) >= 11 is 0. The van der Waals surface area contributed by atoms with Gasteiger partial charge in [0.2, 0.25) is 0 Å². The van der Waals surface area contributed by atoms with Gasteiger partial charge < -0.3 is 14.6 Å². The molecule has 0 aliphatic rings. The van der Waals surface area contributed by atoms with E-state index in [1.807, 2.05) is 20.8 Å². The standard InChI is InChI=1S/C31H31NO7/c1-21(2)29(33)19-4-22(3)20-30(34)38-27-17-11-25(12-18-27)31(35)39-28-15-9-24(10-16-28)6-5-23-7-13-26(14-8-23)32(36)37/h7-18,21-22,29,33H,4,19-20H2,1-3H3/t22-,29+/m1/s1. The van der Waals surface area contributed by atoms with E-state index >= 15 is 0 Å². The molecule has 0 bridgehead atoms. The summed E-state index contributed by atoms with van der Waals surface area (Å²) in [5.74, 6) is 5.91. The number of ether oxygens (including phenoxy) is 2. The summed E-state index contributed by atoms with van der Waals surface area (Å²) in [6.45, 7) is 5.87. The first-order chi connectivity index (χ1) is 18.6. The van der Waals surface area contributed by atoms with Crippen LogP contribution >= 0.6 is 0 Å². The van der Waals surface area contributed by atoms with Crippen LogP contribution in [0, 0.1) is 33.8 Å². The number of carbonyl (C=O) groups excluding carboxylic acids is 2. The predicted octanol–water partition coefficient (Wildman–Crippen LogP) is 5.94. The number of aliphatic hydroxyl groups is 1. The SMILES string of the molecule is CC(C)[C@@H](O)CC[C@@H](C)CC(=O)Oc1ccc(C(=O)Oc2ccc(C#Cc3ccc([N+](=O)[O-])cc3)cc2)cc1. The largest absolute Gasteiger partial charge is 0.427 e. The number of nitrogens with zero attached hydrogens (tertiary/aromatic N) is 1. The first-order valence-electron chi connectivity index (χ1n) is 12.7. The Morgan fingerprint density at radius 2 is 1.33 bits per heavy atom. The van der Waals surface area contributed by atoms with Crippen molar-refractivity contribution in [2.75, 3.05) is 0 Å². The van der Waals surface area contributed by atoms with Crippen LogP contribution in [0.25, 0.3) is 0 Å². The van der Waals surface area contributed by atoms with Gasteiger partial charge in [0, 0.05) is 29.7 Å². The number of carbonyl (C=O) groups is 2. The van der Waals surface area contributed by atoms with Gasteiger partial charge in [0.05, 0.1) is 16.6 Å². The van der Waals surface area contributed by atoms with E-state index in [0.29, 0.717) is 34.6 Å². The van der Waals surface area contributed by atoms with Crippen molar-refractivity contribution in [1.82, 2.24) is 0 Å². The monoisotopic (exact) mass is 529 g/mol. The highest BCUT2D eigenvalue weighted by Gasteiger charge is 2.16. The Kier molecular flexibility index (Phi) is 10.4. The highest BCUT2D eigenvalue weighted by Crippen LogP contribution is 2.20. The van der Waals surface area contributed by atoms with Crippen LogP contribution in [0.4, 0.5) is 5.69 Å². The lowest BCUT2D eigenvalue weighted by molar-refractivity contribution is -0.384. The minimum Gasteiger partial charge on any atom is -0.427 e. The number of nitro benzene ring substituents is 1. The minimum absolute atomic E-state index is 0.00197. The Labute approximate surface area is 227 Å². The van der Waals surface area contributed by atoms with E-state index in [2.05, 4.69) is 11.8 Å². The first kappa shape index (κ1) is 29.1. The third kappa shape index (κ3) is 9.40. The molecule has 2 atom stereocenters. The molecule has 3 aromatic rings. The second-order valence-corrected chi connectivity index (χ2v) is 9.66. The average molecular weight is 530 g/mol. The summed E-state index contributed by atoms with van der Waals surface area (Å²) in [4.78, 5) is 35.0. The lowest BCUT2D eigenvalue weighted by atomic mass is 9.95. The van der Waals surface area contributed by atoms with Crippen molar-refractivity contribution in [2.24, 2.45) is 11.8 Å². The van der Waals surface area contributed by atoms with Crippen LogP contribution in [-0.4, -0.2) is 28.1 Å². The maximum absolute atomic E-state index is 12.5. The molecule has 0 saturated carbocycles. The molecule has 0 fully saturated rings. The molecule has 0 radical (unpaired) electrons. The molecule has 1 N–H and O–H groups in total. The average Bonchev–Trinajstić information content (AvgIpc) is 2.91. The van der Waals surface area contributed by atoms with Crippen molar-refractivity contribution < 1.29 is 29.1 Å². The number of benzene rings is 3. The minimum atomic E-state index is -0.560. The fourth-order valence-electron chi connectivity index (χ4n) is 3.59. The molecule has 202 valence electrons. The summed E-state index contributed by atoms with van der Waals surface area (Å²) in [5, 5.41) is 20.7. The molecule has 0 aromatic heterocycles. The third-order valence-electron chi connectivity index (χ3n) is 6.06. The fourth-order valence-corrected chi connectivity index (χ4v) is 3.59. The molecule has 0 amide bonds. The smallest absolute Gasteiger partial charge is 0.343 e. The Morgan fingerprint density at radius 1 is 0.821 bits per heavy atom. The highest BCUT2D eigenvalue weighted by atomic mass is 16.6. The van der Waals surface area contributed by atoms with Gasteiger partial charge in [0.1, 0.15) is 11.5 Å². The summed E-state index contributed by atoms with van der Waals surface area (Å²) < 4.78 is 10.8. The van der Waals surface area contributed by atoms with Gasteiger partial charge in [0.15, 0.2) is 0 Å². The van der Waals surface area contributed by atoms with Crippen molar-refractivity contribution in [2.45, 2.75) is 46.1 Å².